The van der Waals surface area contributed by atoms with Crippen molar-refractivity contribution in [2.24, 2.45) is 11.8 Å². The summed E-state index contributed by atoms with van der Waals surface area (Å²) in [5.41, 5.74) is 0. The van der Waals surface area contributed by atoms with Crippen LogP contribution in [0.25, 0.3) is 0 Å². The zero-order valence-electron chi connectivity index (χ0n) is 12.6. The van der Waals surface area contributed by atoms with Crippen molar-refractivity contribution < 1.29 is 14.3 Å². The Morgan fingerprint density at radius 2 is 2.14 bits per heavy atom. The highest BCUT2D eigenvalue weighted by Crippen LogP contribution is 2.17. The second kappa shape index (κ2) is 9.23. The van der Waals surface area contributed by atoms with E-state index in [-0.39, 0.29) is 36.1 Å². The number of hydrogen-bond acceptors (Lipinski definition) is 4. The molecule has 0 aromatic heterocycles. The minimum atomic E-state index is 0. The molecule has 2 amide bonds. The molecule has 2 N–H and O–H groups in total. The Bertz CT molecular complexity index is 348. The molecule has 2 rings (SSSR count). The Morgan fingerprint density at radius 3 is 2.81 bits per heavy atom. The predicted molar refractivity (Wildman–Crippen MR) is 82.4 cm³/mol. The molecule has 2 aliphatic rings. The van der Waals surface area contributed by atoms with E-state index in [9.17, 15) is 9.59 Å². The first-order valence-electron chi connectivity index (χ1n) is 7.46. The van der Waals surface area contributed by atoms with Gasteiger partial charge in [0.15, 0.2) is 0 Å². The van der Waals surface area contributed by atoms with E-state index in [4.69, 9.17) is 4.74 Å². The van der Waals surface area contributed by atoms with E-state index in [1.54, 1.807) is 7.11 Å². The number of nitrogens with zero attached hydrogens (tertiary/aromatic N) is 1. The molecule has 0 aromatic carbocycles. The largest absolute Gasteiger partial charge is 0.383 e. The van der Waals surface area contributed by atoms with Crippen LogP contribution >= 0.6 is 12.4 Å². The third kappa shape index (κ3) is 5.45. The van der Waals surface area contributed by atoms with Crippen molar-refractivity contribution in [3.63, 3.8) is 0 Å². The molecule has 0 aliphatic carbocycles. The lowest BCUT2D eigenvalue weighted by Gasteiger charge is -2.22. The van der Waals surface area contributed by atoms with Gasteiger partial charge < -0.3 is 20.3 Å². The lowest BCUT2D eigenvalue weighted by atomic mass is 9.97. The number of rotatable bonds is 6. The first kappa shape index (κ1) is 18.2. The first-order valence-corrected chi connectivity index (χ1v) is 7.46. The molecule has 0 bridgehead atoms. The van der Waals surface area contributed by atoms with Gasteiger partial charge in [0.25, 0.3) is 0 Å². The molecule has 1 unspecified atom stereocenters. The topological polar surface area (TPSA) is 70.7 Å². The highest BCUT2D eigenvalue weighted by Gasteiger charge is 2.30. The average molecular weight is 320 g/mol. The van der Waals surface area contributed by atoms with Gasteiger partial charge >= 0.3 is 0 Å². The van der Waals surface area contributed by atoms with E-state index in [2.05, 4.69) is 10.6 Å². The summed E-state index contributed by atoms with van der Waals surface area (Å²) >= 11 is 0. The van der Waals surface area contributed by atoms with Crippen molar-refractivity contribution in [3.05, 3.63) is 0 Å². The molecule has 2 aliphatic heterocycles. The number of piperidine rings is 1. The second-order valence-electron chi connectivity index (χ2n) is 5.67. The number of amides is 2. The fraction of sp³-hybridized carbons (Fsp3) is 0.857. The molecule has 122 valence electrons. The molecule has 6 nitrogen and oxygen atoms in total. The van der Waals surface area contributed by atoms with Crippen LogP contribution in [0.5, 0.6) is 0 Å². The van der Waals surface area contributed by atoms with Crippen LogP contribution in [0.3, 0.4) is 0 Å². The molecule has 7 heteroatoms. The van der Waals surface area contributed by atoms with Gasteiger partial charge in [-0.1, -0.05) is 0 Å². The molecule has 2 heterocycles. The number of carbonyl (C=O) groups excluding carboxylic acids is 2. The fourth-order valence-corrected chi connectivity index (χ4v) is 2.88. The fourth-order valence-electron chi connectivity index (χ4n) is 2.88. The third-order valence-electron chi connectivity index (χ3n) is 4.13. The summed E-state index contributed by atoms with van der Waals surface area (Å²) in [6, 6.07) is 0. The highest BCUT2D eigenvalue weighted by atomic mass is 35.5. The quantitative estimate of drug-likeness (QED) is 0.724. The standard InChI is InChI=1S/C14H25N3O3.ClH/c1-20-7-6-17-10-11(8-13(17)18)9-16-14(19)12-2-4-15-5-3-12;/h11-12,15H,2-10H2,1H3,(H,16,19);1H. The van der Waals surface area contributed by atoms with Gasteiger partial charge in [-0.05, 0) is 25.9 Å². The molecule has 2 fully saturated rings. The van der Waals surface area contributed by atoms with E-state index in [0.29, 0.717) is 26.1 Å². The SMILES string of the molecule is COCCN1CC(CNC(=O)C2CCNCC2)CC1=O.Cl. The summed E-state index contributed by atoms with van der Waals surface area (Å²) in [7, 11) is 1.64. The number of hydrogen-bond donors (Lipinski definition) is 2. The van der Waals surface area contributed by atoms with Gasteiger partial charge in [-0.3, -0.25) is 9.59 Å². The van der Waals surface area contributed by atoms with Gasteiger partial charge in [0, 0.05) is 45.0 Å². The normalized spacial score (nSPS) is 23.0. The zero-order valence-corrected chi connectivity index (χ0v) is 13.4. The lowest BCUT2D eigenvalue weighted by molar-refractivity contribution is -0.128. The summed E-state index contributed by atoms with van der Waals surface area (Å²) in [6.45, 7) is 4.40. The Morgan fingerprint density at radius 1 is 1.43 bits per heavy atom. The summed E-state index contributed by atoms with van der Waals surface area (Å²) in [6.07, 6.45) is 2.36. The summed E-state index contributed by atoms with van der Waals surface area (Å²) < 4.78 is 5.00. The van der Waals surface area contributed by atoms with Crippen LogP contribution in [0.1, 0.15) is 19.3 Å². The monoisotopic (exact) mass is 319 g/mol. The van der Waals surface area contributed by atoms with Gasteiger partial charge in [0.05, 0.1) is 6.61 Å². The Labute approximate surface area is 132 Å². The molecule has 0 aromatic rings. The minimum absolute atomic E-state index is 0. The van der Waals surface area contributed by atoms with E-state index < -0.39 is 0 Å². The minimum Gasteiger partial charge on any atom is -0.383 e. The van der Waals surface area contributed by atoms with E-state index in [0.717, 1.165) is 32.5 Å². The molecule has 21 heavy (non-hydrogen) atoms. The molecular formula is C14H26ClN3O3. The summed E-state index contributed by atoms with van der Waals surface area (Å²) in [5, 5.41) is 6.27. The lowest BCUT2D eigenvalue weighted by Crippen LogP contribution is -2.40. The number of methoxy groups -OCH3 is 1. The zero-order chi connectivity index (χ0) is 14.4. The van der Waals surface area contributed by atoms with Crippen LogP contribution in [-0.2, 0) is 14.3 Å². The van der Waals surface area contributed by atoms with Crippen LogP contribution in [0, 0.1) is 11.8 Å². The molecule has 0 radical (unpaired) electrons. The average Bonchev–Trinajstić information content (AvgIpc) is 2.84. The molecule has 0 saturated carbocycles. The van der Waals surface area contributed by atoms with Crippen LogP contribution in [0.15, 0.2) is 0 Å². The van der Waals surface area contributed by atoms with Crippen molar-refractivity contribution in [2.75, 3.05) is 46.4 Å². The molecule has 0 spiro atoms. The maximum Gasteiger partial charge on any atom is 0.223 e. The van der Waals surface area contributed by atoms with Crippen molar-refractivity contribution in [2.45, 2.75) is 19.3 Å². The van der Waals surface area contributed by atoms with Gasteiger partial charge in [-0.15, -0.1) is 12.4 Å². The van der Waals surface area contributed by atoms with Crippen molar-refractivity contribution >= 4 is 24.2 Å². The smallest absolute Gasteiger partial charge is 0.223 e. The van der Waals surface area contributed by atoms with Crippen molar-refractivity contribution in [3.8, 4) is 0 Å². The number of carbonyl (C=O) groups is 2. The van der Waals surface area contributed by atoms with Crippen molar-refractivity contribution in [1.29, 1.82) is 0 Å². The van der Waals surface area contributed by atoms with E-state index in [1.807, 2.05) is 4.90 Å². The van der Waals surface area contributed by atoms with Crippen LogP contribution in [0.2, 0.25) is 0 Å². The highest BCUT2D eigenvalue weighted by molar-refractivity contribution is 5.85. The Hall–Kier alpha value is -0.850. The maximum absolute atomic E-state index is 12.0. The Kier molecular flexibility index (Phi) is 8.00. The van der Waals surface area contributed by atoms with Crippen molar-refractivity contribution in [1.82, 2.24) is 15.5 Å². The molecule has 1 atom stereocenters. The van der Waals surface area contributed by atoms with Gasteiger partial charge in [-0.25, -0.2) is 0 Å². The second-order valence-corrected chi connectivity index (χ2v) is 5.67. The van der Waals surface area contributed by atoms with Gasteiger partial charge in [-0.2, -0.15) is 0 Å². The third-order valence-corrected chi connectivity index (χ3v) is 4.13. The van der Waals surface area contributed by atoms with Crippen LogP contribution in [-0.4, -0.2) is 63.2 Å². The van der Waals surface area contributed by atoms with Gasteiger partial charge in [0.2, 0.25) is 11.8 Å². The van der Waals surface area contributed by atoms with E-state index in [1.165, 1.54) is 0 Å². The van der Waals surface area contributed by atoms with Crippen LogP contribution < -0.4 is 10.6 Å². The number of halogens is 1. The van der Waals surface area contributed by atoms with E-state index >= 15 is 0 Å². The summed E-state index contributed by atoms with van der Waals surface area (Å²) in [5.74, 6) is 0.695. The maximum atomic E-state index is 12.0. The molecular weight excluding hydrogens is 294 g/mol. The number of nitrogens with one attached hydrogen (secondary N) is 2. The summed E-state index contributed by atoms with van der Waals surface area (Å²) in [4.78, 5) is 25.6. The molecule has 2 saturated heterocycles. The van der Waals surface area contributed by atoms with Gasteiger partial charge in [0.1, 0.15) is 0 Å². The number of likely N-dealkylation sites (tertiary alicyclic amines) is 1. The van der Waals surface area contributed by atoms with Crippen LogP contribution in [0.4, 0.5) is 0 Å². The first-order chi connectivity index (χ1) is 9.70. The Balaban J connectivity index is 0.00000220. The number of ether oxygens (including phenoxy) is 1. The predicted octanol–water partition coefficient (Wildman–Crippen LogP) is 0.0189.